The van der Waals surface area contributed by atoms with E-state index in [0.717, 1.165) is 5.56 Å². The second-order valence-electron chi connectivity index (χ2n) is 3.23. The van der Waals surface area contributed by atoms with E-state index in [1.165, 1.54) is 17.6 Å². The minimum absolute atomic E-state index is 0.196. The number of carbonyl (C=O) groups is 1. The largest absolute Gasteiger partial charge is 0.424 e. The van der Waals surface area contributed by atoms with Gasteiger partial charge in [0, 0.05) is 0 Å². The Labute approximate surface area is 92.4 Å². The Balaban J connectivity index is 2.69. The number of nitrogens with one attached hydrogen (secondary N) is 1. The molecule has 0 spiro atoms. The fraction of sp³-hybridized carbons (Fsp3) is 0.222. The zero-order valence-electron chi connectivity index (χ0n) is 8.58. The van der Waals surface area contributed by atoms with Gasteiger partial charge in [-0.25, -0.2) is 10.0 Å². The standard InChI is InChI=1S/C9H12NO5P/c1-7-2-4-8(5-3-7)15-16(13,14)6-9(11)10-12/h2-5,12H,6H2,1H3,(H,10,11)(H,13,14). The zero-order valence-corrected chi connectivity index (χ0v) is 9.48. The maximum atomic E-state index is 11.4. The predicted molar refractivity (Wildman–Crippen MR) is 56.4 cm³/mol. The first-order chi connectivity index (χ1) is 7.43. The maximum absolute atomic E-state index is 11.4. The van der Waals surface area contributed by atoms with Crippen molar-refractivity contribution in [2.24, 2.45) is 0 Å². The van der Waals surface area contributed by atoms with Crippen molar-refractivity contribution in [1.29, 1.82) is 0 Å². The highest BCUT2D eigenvalue weighted by Gasteiger charge is 2.25. The van der Waals surface area contributed by atoms with Crippen molar-refractivity contribution in [2.45, 2.75) is 6.92 Å². The molecular formula is C9H12NO5P. The van der Waals surface area contributed by atoms with Gasteiger partial charge >= 0.3 is 7.60 Å². The van der Waals surface area contributed by atoms with Crippen LogP contribution < -0.4 is 10.0 Å². The smallest absolute Gasteiger partial charge is 0.386 e. The Morgan fingerprint density at radius 1 is 1.44 bits per heavy atom. The molecule has 1 atom stereocenters. The first-order valence-electron chi connectivity index (χ1n) is 4.44. The Hall–Kier alpha value is -1.36. The summed E-state index contributed by atoms with van der Waals surface area (Å²) in [5, 5.41) is 8.21. The van der Waals surface area contributed by atoms with Gasteiger partial charge < -0.3 is 9.42 Å². The average molecular weight is 245 g/mol. The van der Waals surface area contributed by atoms with E-state index in [0.29, 0.717) is 0 Å². The third-order valence-corrected chi connectivity index (χ3v) is 2.92. The summed E-state index contributed by atoms with van der Waals surface area (Å²) in [6, 6.07) is 6.47. The van der Waals surface area contributed by atoms with Crippen LogP contribution in [-0.2, 0) is 9.36 Å². The minimum Gasteiger partial charge on any atom is -0.424 e. The Kier molecular flexibility index (Phi) is 4.06. The molecule has 0 aliphatic rings. The van der Waals surface area contributed by atoms with E-state index in [4.69, 9.17) is 9.73 Å². The minimum atomic E-state index is -4.07. The summed E-state index contributed by atoms with van der Waals surface area (Å²) in [6.07, 6.45) is -0.794. The van der Waals surface area contributed by atoms with Crippen LogP contribution in [0.2, 0.25) is 0 Å². The van der Waals surface area contributed by atoms with Crippen LogP contribution in [0, 0.1) is 6.92 Å². The van der Waals surface area contributed by atoms with E-state index in [-0.39, 0.29) is 5.75 Å². The normalized spacial score (nSPS) is 13.9. The Morgan fingerprint density at radius 3 is 2.50 bits per heavy atom. The number of hydrogen-bond donors (Lipinski definition) is 3. The average Bonchev–Trinajstić information content (AvgIpc) is 2.20. The fourth-order valence-electron chi connectivity index (χ4n) is 1.01. The van der Waals surface area contributed by atoms with Gasteiger partial charge in [-0.1, -0.05) is 17.7 Å². The van der Waals surface area contributed by atoms with Crippen molar-refractivity contribution < 1.29 is 24.0 Å². The molecule has 6 nitrogen and oxygen atoms in total. The van der Waals surface area contributed by atoms with Gasteiger partial charge in [0.25, 0.3) is 5.91 Å². The molecule has 0 radical (unpaired) electrons. The van der Waals surface area contributed by atoms with Gasteiger partial charge in [0.15, 0.2) is 0 Å². The molecule has 88 valence electrons. The highest BCUT2D eigenvalue weighted by Crippen LogP contribution is 2.42. The summed E-state index contributed by atoms with van der Waals surface area (Å²) in [4.78, 5) is 20.0. The lowest BCUT2D eigenvalue weighted by atomic mass is 10.2. The summed E-state index contributed by atoms with van der Waals surface area (Å²) in [6.45, 7) is 1.86. The first-order valence-corrected chi connectivity index (χ1v) is 6.20. The third-order valence-electron chi connectivity index (χ3n) is 1.74. The van der Waals surface area contributed by atoms with E-state index in [1.807, 2.05) is 6.92 Å². The van der Waals surface area contributed by atoms with Gasteiger partial charge in [-0.3, -0.25) is 10.0 Å². The summed E-state index contributed by atoms with van der Waals surface area (Å²) in [5.74, 6) is -0.778. The number of amides is 1. The van der Waals surface area contributed by atoms with Crippen molar-refractivity contribution >= 4 is 13.5 Å². The van der Waals surface area contributed by atoms with Crippen molar-refractivity contribution in [3.63, 3.8) is 0 Å². The summed E-state index contributed by atoms with van der Waals surface area (Å²) in [7, 11) is -4.07. The van der Waals surface area contributed by atoms with Gasteiger partial charge in [0.2, 0.25) is 0 Å². The van der Waals surface area contributed by atoms with Crippen LogP contribution in [0.5, 0.6) is 5.75 Å². The highest BCUT2D eigenvalue weighted by atomic mass is 31.2. The number of hydrogen-bond acceptors (Lipinski definition) is 4. The van der Waals surface area contributed by atoms with Crippen molar-refractivity contribution in [2.75, 3.05) is 6.16 Å². The van der Waals surface area contributed by atoms with E-state index in [1.54, 1.807) is 12.1 Å². The summed E-state index contributed by atoms with van der Waals surface area (Å²) >= 11 is 0. The predicted octanol–water partition coefficient (Wildman–Crippen LogP) is 1.06. The molecule has 16 heavy (non-hydrogen) atoms. The lowest BCUT2D eigenvalue weighted by molar-refractivity contribution is -0.126. The maximum Gasteiger partial charge on any atom is 0.386 e. The Morgan fingerprint density at radius 2 is 2.00 bits per heavy atom. The monoisotopic (exact) mass is 245 g/mol. The second kappa shape index (κ2) is 5.12. The molecule has 7 heteroatoms. The quantitative estimate of drug-likeness (QED) is 0.419. The molecule has 0 bridgehead atoms. The van der Waals surface area contributed by atoms with Gasteiger partial charge in [-0.2, -0.15) is 0 Å². The van der Waals surface area contributed by atoms with Gasteiger partial charge in [-0.05, 0) is 19.1 Å². The van der Waals surface area contributed by atoms with Crippen LogP contribution in [-0.4, -0.2) is 22.2 Å². The molecule has 0 aliphatic carbocycles. The SMILES string of the molecule is Cc1ccc(OP(=O)(O)CC(=O)NO)cc1. The molecule has 3 N–H and O–H groups in total. The Bertz CT molecular complexity index is 416. The second-order valence-corrected chi connectivity index (χ2v) is 5.01. The van der Waals surface area contributed by atoms with Crippen LogP contribution in [0.4, 0.5) is 0 Å². The zero-order chi connectivity index (χ0) is 12.2. The van der Waals surface area contributed by atoms with E-state index in [9.17, 15) is 14.3 Å². The molecular weight excluding hydrogens is 233 g/mol. The van der Waals surface area contributed by atoms with Crippen molar-refractivity contribution in [3.05, 3.63) is 29.8 Å². The highest BCUT2D eigenvalue weighted by molar-refractivity contribution is 7.54. The van der Waals surface area contributed by atoms with Gasteiger partial charge in [-0.15, -0.1) is 0 Å². The summed E-state index contributed by atoms with van der Waals surface area (Å²) in [5.41, 5.74) is 2.24. The van der Waals surface area contributed by atoms with Gasteiger partial charge in [0.1, 0.15) is 11.9 Å². The molecule has 1 rings (SSSR count). The van der Waals surface area contributed by atoms with Crippen molar-refractivity contribution in [1.82, 2.24) is 5.48 Å². The van der Waals surface area contributed by atoms with Crippen molar-refractivity contribution in [3.8, 4) is 5.75 Å². The van der Waals surface area contributed by atoms with Crippen LogP contribution in [0.1, 0.15) is 5.56 Å². The van der Waals surface area contributed by atoms with Gasteiger partial charge in [0.05, 0.1) is 0 Å². The number of carbonyl (C=O) groups excluding carboxylic acids is 1. The number of hydroxylamine groups is 1. The molecule has 1 amide bonds. The number of aryl methyl sites for hydroxylation is 1. The molecule has 0 aromatic heterocycles. The molecule has 1 aromatic rings. The first kappa shape index (κ1) is 12.7. The molecule has 0 heterocycles. The molecule has 1 unspecified atom stereocenters. The van der Waals surface area contributed by atoms with Crippen LogP contribution >= 0.6 is 7.60 Å². The lowest BCUT2D eigenvalue weighted by Gasteiger charge is -2.12. The molecule has 0 saturated heterocycles. The van der Waals surface area contributed by atoms with Crippen LogP contribution in [0.15, 0.2) is 24.3 Å². The van der Waals surface area contributed by atoms with E-state index < -0.39 is 19.7 Å². The lowest BCUT2D eigenvalue weighted by Crippen LogP contribution is -2.23. The fourth-order valence-corrected chi connectivity index (χ4v) is 1.96. The molecule has 0 fully saturated rings. The summed E-state index contributed by atoms with van der Waals surface area (Å²) < 4.78 is 16.2. The number of benzene rings is 1. The molecule has 0 aliphatic heterocycles. The van der Waals surface area contributed by atoms with E-state index in [2.05, 4.69) is 0 Å². The number of rotatable bonds is 4. The topological polar surface area (TPSA) is 95.9 Å². The molecule has 0 saturated carbocycles. The molecule has 1 aromatic carbocycles. The van der Waals surface area contributed by atoms with E-state index >= 15 is 0 Å². The van der Waals surface area contributed by atoms with Crippen LogP contribution in [0.3, 0.4) is 0 Å². The van der Waals surface area contributed by atoms with Crippen LogP contribution in [0.25, 0.3) is 0 Å². The third kappa shape index (κ3) is 4.02.